The van der Waals surface area contributed by atoms with E-state index in [-0.39, 0.29) is 5.96 Å². The number of nitrogens with one attached hydrogen (secondary N) is 2. The van der Waals surface area contributed by atoms with Gasteiger partial charge in [-0.3, -0.25) is 5.32 Å². The second-order valence-electron chi connectivity index (χ2n) is 8.11. The molecule has 0 saturated heterocycles. The van der Waals surface area contributed by atoms with Crippen LogP contribution in [0.1, 0.15) is 41.5 Å². The van der Waals surface area contributed by atoms with E-state index < -0.39 is 23.4 Å². The van der Waals surface area contributed by atoms with Crippen molar-refractivity contribution in [1.29, 1.82) is 0 Å². The maximum Gasteiger partial charge on any atom is 0.437 e. The number of anilines is 1. The molecular weight excluding hydrogens is 360 g/mol. The number of nitrogens with zero attached hydrogens (tertiary/aromatic N) is 2. The smallest absolute Gasteiger partial charge is 0.437 e. The average Bonchev–Trinajstić information content (AvgIpc) is 2.50. The summed E-state index contributed by atoms with van der Waals surface area (Å²) in [5.41, 5.74) is -1.43. The summed E-state index contributed by atoms with van der Waals surface area (Å²) in [5, 5.41) is 7.15. The van der Waals surface area contributed by atoms with Gasteiger partial charge >= 0.3 is 12.2 Å². The Hall–Kier alpha value is -3.16. The number of guanidine groups is 1. The van der Waals surface area contributed by atoms with Crippen molar-refractivity contribution in [3.05, 3.63) is 36.5 Å². The molecule has 0 aliphatic heterocycles. The largest absolute Gasteiger partial charge is 0.444 e. The highest BCUT2D eigenvalue weighted by atomic mass is 16.6. The SMILES string of the molecule is CC(C)(C)OC(=O)/N=C(/NC(=O)OC(C)(C)C)Nc1cc2ccccc2cn1. The Labute approximate surface area is 164 Å². The van der Waals surface area contributed by atoms with Crippen molar-refractivity contribution in [3.8, 4) is 0 Å². The maximum atomic E-state index is 12.1. The van der Waals surface area contributed by atoms with E-state index in [9.17, 15) is 9.59 Å². The lowest BCUT2D eigenvalue weighted by Gasteiger charge is -2.21. The number of benzene rings is 1. The number of ether oxygens (including phenoxy) is 2. The van der Waals surface area contributed by atoms with Gasteiger partial charge in [-0.25, -0.2) is 14.6 Å². The zero-order valence-electron chi connectivity index (χ0n) is 17.0. The third-order valence-corrected chi connectivity index (χ3v) is 3.09. The lowest BCUT2D eigenvalue weighted by Crippen LogP contribution is -2.40. The Morgan fingerprint density at radius 3 is 2.18 bits per heavy atom. The highest BCUT2D eigenvalue weighted by molar-refractivity contribution is 6.06. The Morgan fingerprint density at radius 2 is 1.57 bits per heavy atom. The van der Waals surface area contributed by atoms with Gasteiger partial charge in [0, 0.05) is 11.6 Å². The van der Waals surface area contributed by atoms with Crippen LogP contribution in [0.3, 0.4) is 0 Å². The molecule has 0 fully saturated rings. The van der Waals surface area contributed by atoms with Crippen molar-refractivity contribution in [2.75, 3.05) is 5.32 Å². The van der Waals surface area contributed by atoms with Crippen LogP contribution in [0.15, 0.2) is 41.5 Å². The number of aromatic nitrogens is 1. The van der Waals surface area contributed by atoms with E-state index >= 15 is 0 Å². The molecule has 0 bridgehead atoms. The first-order valence-corrected chi connectivity index (χ1v) is 8.85. The summed E-state index contributed by atoms with van der Waals surface area (Å²) >= 11 is 0. The van der Waals surface area contributed by atoms with E-state index in [1.54, 1.807) is 53.8 Å². The summed E-state index contributed by atoms with van der Waals surface area (Å²) in [6, 6.07) is 9.45. The minimum absolute atomic E-state index is 0.147. The molecular formula is C20H26N4O4. The number of hydrogen-bond acceptors (Lipinski definition) is 5. The van der Waals surface area contributed by atoms with Crippen LogP contribution in [0.25, 0.3) is 10.8 Å². The highest BCUT2D eigenvalue weighted by Crippen LogP contribution is 2.16. The fourth-order valence-electron chi connectivity index (χ4n) is 2.14. The fourth-order valence-corrected chi connectivity index (χ4v) is 2.14. The number of rotatable bonds is 1. The summed E-state index contributed by atoms with van der Waals surface area (Å²) in [7, 11) is 0. The number of carbonyl (C=O) groups excluding carboxylic acids is 2. The minimum Gasteiger partial charge on any atom is -0.444 e. The Bertz CT molecular complexity index is 895. The summed E-state index contributed by atoms with van der Waals surface area (Å²) in [6.45, 7) is 10.4. The maximum absolute atomic E-state index is 12.1. The zero-order chi connectivity index (χ0) is 20.9. The van der Waals surface area contributed by atoms with E-state index in [0.29, 0.717) is 5.82 Å². The van der Waals surface area contributed by atoms with Crippen molar-refractivity contribution < 1.29 is 19.1 Å². The summed E-state index contributed by atoms with van der Waals surface area (Å²) < 4.78 is 10.4. The van der Waals surface area contributed by atoms with Gasteiger partial charge < -0.3 is 14.8 Å². The molecule has 28 heavy (non-hydrogen) atoms. The molecule has 2 aromatic rings. The zero-order valence-corrected chi connectivity index (χ0v) is 17.0. The third kappa shape index (κ3) is 7.22. The fraction of sp³-hybridized carbons (Fsp3) is 0.400. The van der Waals surface area contributed by atoms with Gasteiger partial charge in [0.05, 0.1) is 0 Å². The molecule has 2 rings (SSSR count). The van der Waals surface area contributed by atoms with Crippen molar-refractivity contribution in [2.24, 2.45) is 4.99 Å². The molecule has 1 aromatic heterocycles. The molecule has 0 radical (unpaired) electrons. The number of aliphatic imine (C=N–C) groups is 1. The van der Waals surface area contributed by atoms with E-state index in [0.717, 1.165) is 10.8 Å². The van der Waals surface area contributed by atoms with Crippen molar-refractivity contribution in [2.45, 2.75) is 52.7 Å². The van der Waals surface area contributed by atoms with Gasteiger partial charge in [0.2, 0.25) is 5.96 Å². The van der Waals surface area contributed by atoms with Crippen molar-refractivity contribution >= 4 is 34.7 Å². The molecule has 0 unspecified atom stereocenters. The number of fused-ring (bicyclic) bond motifs is 1. The topological polar surface area (TPSA) is 102 Å². The van der Waals surface area contributed by atoms with Crippen LogP contribution in [0.4, 0.5) is 15.4 Å². The van der Waals surface area contributed by atoms with Crippen LogP contribution in [-0.4, -0.2) is 34.3 Å². The van der Waals surface area contributed by atoms with Gasteiger partial charge in [-0.2, -0.15) is 0 Å². The molecule has 1 heterocycles. The number of carbonyl (C=O) groups is 2. The normalized spacial score (nSPS) is 12.4. The predicted octanol–water partition coefficient (Wildman–Crippen LogP) is 4.46. The van der Waals surface area contributed by atoms with Crippen LogP contribution in [0.2, 0.25) is 0 Å². The monoisotopic (exact) mass is 386 g/mol. The quantitative estimate of drug-likeness (QED) is 0.554. The average molecular weight is 386 g/mol. The molecule has 0 spiro atoms. The standard InChI is InChI=1S/C20H26N4O4/c1-19(2,3)27-17(25)23-16(24-18(26)28-20(4,5)6)22-15-11-13-9-7-8-10-14(13)12-21-15/h7-12H,1-6H3,(H2,21,22,23,24,25,26). The van der Waals surface area contributed by atoms with Gasteiger partial charge in [-0.05, 0) is 53.0 Å². The van der Waals surface area contributed by atoms with E-state index in [1.165, 1.54) is 0 Å². The number of amides is 2. The van der Waals surface area contributed by atoms with E-state index in [1.807, 2.05) is 24.3 Å². The second-order valence-corrected chi connectivity index (χ2v) is 8.11. The first kappa shape index (κ1) is 21.1. The first-order valence-electron chi connectivity index (χ1n) is 8.85. The Morgan fingerprint density at radius 1 is 0.964 bits per heavy atom. The molecule has 2 amide bonds. The molecule has 150 valence electrons. The summed E-state index contributed by atoms with van der Waals surface area (Å²) in [6.07, 6.45) is 0.0610. The van der Waals surface area contributed by atoms with E-state index in [2.05, 4.69) is 20.6 Å². The van der Waals surface area contributed by atoms with Crippen LogP contribution in [0.5, 0.6) is 0 Å². The number of alkyl carbamates (subject to hydrolysis) is 1. The van der Waals surface area contributed by atoms with Gasteiger partial charge in [-0.1, -0.05) is 24.3 Å². The van der Waals surface area contributed by atoms with Crippen LogP contribution in [-0.2, 0) is 9.47 Å². The molecule has 8 nitrogen and oxygen atoms in total. The van der Waals surface area contributed by atoms with Crippen molar-refractivity contribution in [3.63, 3.8) is 0 Å². The molecule has 1 aromatic carbocycles. The number of hydrogen-bond donors (Lipinski definition) is 2. The van der Waals surface area contributed by atoms with Gasteiger partial charge in [0.1, 0.15) is 17.0 Å². The Balaban J connectivity index is 2.25. The summed E-state index contributed by atoms with van der Waals surface area (Å²) in [4.78, 5) is 32.3. The predicted molar refractivity (Wildman–Crippen MR) is 108 cm³/mol. The first-order chi connectivity index (χ1) is 12.9. The van der Waals surface area contributed by atoms with Crippen LogP contribution >= 0.6 is 0 Å². The lowest BCUT2D eigenvalue weighted by atomic mass is 10.2. The highest BCUT2D eigenvalue weighted by Gasteiger charge is 2.20. The Kier molecular flexibility index (Phi) is 6.23. The van der Waals surface area contributed by atoms with Crippen LogP contribution < -0.4 is 10.6 Å². The molecule has 8 heteroatoms. The van der Waals surface area contributed by atoms with Gasteiger partial charge in [0.25, 0.3) is 0 Å². The summed E-state index contributed by atoms with van der Waals surface area (Å²) in [5.74, 6) is 0.253. The second kappa shape index (κ2) is 8.24. The van der Waals surface area contributed by atoms with E-state index in [4.69, 9.17) is 9.47 Å². The van der Waals surface area contributed by atoms with Crippen molar-refractivity contribution in [1.82, 2.24) is 10.3 Å². The minimum atomic E-state index is -0.855. The molecule has 2 N–H and O–H groups in total. The molecule has 0 saturated carbocycles. The molecule has 0 aliphatic carbocycles. The number of pyridine rings is 1. The van der Waals surface area contributed by atoms with Crippen LogP contribution in [0, 0.1) is 0 Å². The lowest BCUT2D eigenvalue weighted by molar-refractivity contribution is 0.0562. The third-order valence-electron chi connectivity index (χ3n) is 3.09. The molecule has 0 atom stereocenters. The molecule has 0 aliphatic rings. The van der Waals surface area contributed by atoms with Gasteiger partial charge in [0.15, 0.2) is 0 Å². The van der Waals surface area contributed by atoms with Gasteiger partial charge in [-0.15, -0.1) is 4.99 Å².